The van der Waals surface area contributed by atoms with Gasteiger partial charge in [0, 0.05) is 21.0 Å². The van der Waals surface area contributed by atoms with E-state index in [0.29, 0.717) is 26.2 Å². The van der Waals surface area contributed by atoms with Crippen LogP contribution in [0.2, 0.25) is 10.0 Å². The minimum atomic E-state index is -0.376. The van der Waals surface area contributed by atoms with Gasteiger partial charge in [-0.2, -0.15) is 0 Å². The second-order valence-corrected chi connectivity index (χ2v) is 9.16. The third-order valence-corrected chi connectivity index (χ3v) is 6.35. The summed E-state index contributed by atoms with van der Waals surface area (Å²) in [6.45, 7) is 3.64. The summed E-state index contributed by atoms with van der Waals surface area (Å²) >= 11 is 13.5. The van der Waals surface area contributed by atoms with Crippen LogP contribution in [-0.2, 0) is 22.4 Å². The van der Waals surface area contributed by atoms with Crippen molar-refractivity contribution in [3.63, 3.8) is 0 Å². The number of carbonyl (C=O) groups is 2. The van der Waals surface area contributed by atoms with E-state index in [2.05, 4.69) is 5.32 Å². The monoisotopic (exact) mass is 451 g/mol. The Balaban J connectivity index is 1.84. The van der Waals surface area contributed by atoms with Gasteiger partial charge in [-0.05, 0) is 68.9 Å². The lowest BCUT2D eigenvalue weighted by molar-refractivity contribution is -0.111. The molecule has 0 bridgehead atoms. The zero-order valence-corrected chi connectivity index (χ0v) is 18.7. The first kappa shape index (κ1) is 21.9. The van der Waals surface area contributed by atoms with Crippen molar-refractivity contribution < 1.29 is 14.3 Å². The zero-order valence-electron chi connectivity index (χ0n) is 16.4. The third kappa shape index (κ3) is 5.62. The molecule has 0 saturated heterocycles. The van der Waals surface area contributed by atoms with Gasteiger partial charge in [0.2, 0.25) is 5.91 Å². The first-order valence-corrected chi connectivity index (χ1v) is 11.2. The number of carbonyl (C=O) groups excluding carboxylic acids is 2. The summed E-state index contributed by atoms with van der Waals surface area (Å²) in [6, 6.07) is 5.07. The van der Waals surface area contributed by atoms with Crippen LogP contribution in [0, 0.1) is 0 Å². The number of anilines is 1. The van der Waals surface area contributed by atoms with Gasteiger partial charge in [-0.1, -0.05) is 35.7 Å². The van der Waals surface area contributed by atoms with Gasteiger partial charge in [-0.15, -0.1) is 11.3 Å². The Kier molecular flexibility index (Phi) is 7.38. The van der Waals surface area contributed by atoms with Crippen molar-refractivity contribution in [1.29, 1.82) is 0 Å². The van der Waals surface area contributed by atoms with Gasteiger partial charge in [-0.25, -0.2) is 4.79 Å². The predicted octanol–water partition coefficient (Wildman–Crippen LogP) is 6.54. The molecule has 0 aliphatic heterocycles. The Bertz CT molecular complexity index is 950. The fourth-order valence-corrected chi connectivity index (χ4v) is 5.03. The van der Waals surface area contributed by atoms with Crippen molar-refractivity contribution in [2.75, 3.05) is 5.32 Å². The Morgan fingerprint density at radius 2 is 1.93 bits per heavy atom. The molecule has 3 rings (SSSR count). The van der Waals surface area contributed by atoms with Gasteiger partial charge in [0.25, 0.3) is 0 Å². The number of nitrogens with one attached hydrogen (secondary N) is 1. The fraction of sp³-hybridized carbons (Fsp3) is 0.364. The average Bonchev–Trinajstić information content (AvgIpc) is 2.81. The fourth-order valence-electron chi connectivity index (χ4n) is 3.28. The van der Waals surface area contributed by atoms with Gasteiger partial charge < -0.3 is 10.1 Å². The minimum absolute atomic E-state index is 0.223. The van der Waals surface area contributed by atoms with Crippen LogP contribution in [0.5, 0.6) is 0 Å². The van der Waals surface area contributed by atoms with E-state index in [1.165, 1.54) is 22.3 Å². The van der Waals surface area contributed by atoms with Crippen molar-refractivity contribution in [2.24, 2.45) is 0 Å². The van der Waals surface area contributed by atoms with E-state index in [1.807, 2.05) is 13.8 Å². The Morgan fingerprint density at radius 3 is 2.66 bits per heavy atom. The second kappa shape index (κ2) is 9.79. The number of ether oxygens (including phenoxy) is 1. The van der Waals surface area contributed by atoms with Crippen LogP contribution in [0.3, 0.4) is 0 Å². The molecule has 4 nitrogen and oxygen atoms in total. The SMILES string of the molecule is CC(C)OC(=O)c1c(NC(=O)C=Cc2ccc(Cl)cc2Cl)sc2c1CCCCC2. The van der Waals surface area contributed by atoms with Gasteiger partial charge >= 0.3 is 5.97 Å². The lowest BCUT2D eigenvalue weighted by Gasteiger charge is -2.11. The van der Waals surface area contributed by atoms with E-state index < -0.39 is 0 Å². The normalized spacial score (nSPS) is 14.0. The number of amides is 1. The lowest BCUT2D eigenvalue weighted by atomic mass is 10.1. The maximum atomic E-state index is 12.7. The van der Waals surface area contributed by atoms with E-state index >= 15 is 0 Å². The number of benzene rings is 1. The molecule has 0 radical (unpaired) electrons. The molecule has 0 fully saturated rings. The van der Waals surface area contributed by atoms with Gasteiger partial charge in [0.05, 0.1) is 11.7 Å². The molecule has 1 aliphatic carbocycles. The second-order valence-electron chi connectivity index (χ2n) is 7.21. The van der Waals surface area contributed by atoms with Crippen molar-refractivity contribution in [1.82, 2.24) is 0 Å². The third-order valence-electron chi connectivity index (χ3n) is 4.58. The number of rotatable bonds is 5. The van der Waals surface area contributed by atoms with Crippen LogP contribution >= 0.6 is 34.5 Å². The van der Waals surface area contributed by atoms with E-state index in [1.54, 1.807) is 24.3 Å². The Labute approximate surface area is 184 Å². The predicted molar refractivity (Wildman–Crippen MR) is 120 cm³/mol. The summed E-state index contributed by atoms with van der Waals surface area (Å²) in [5.74, 6) is -0.703. The highest BCUT2D eigenvalue weighted by molar-refractivity contribution is 7.17. The van der Waals surface area contributed by atoms with Crippen LogP contribution in [0.1, 0.15) is 59.5 Å². The van der Waals surface area contributed by atoms with Crippen molar-refractivity contribution in [3.05, 3.63) is 55.9 Å². The average molecular weight is 452 g/mol. The molecule has 1 amide bonds. The molecule has 1 N–H and O–H groups in total. The molecule has 0 unspecified atom stereocenters. The molecule has 0 saturated carbocycles. The van der Waals surface area contributed by atoms with Crippen molar-refractivity contribution in [3.8, 4) is 0 Å². The van der Waals surface area contributed by atoms with Gasteiger partial charge in [-0.3, -0.25) is 4.79 Å². The number of thiophene rings is 1. The van der Waals surface area contributed by atoms with Crippen LogP contribution in [0.4, 0.5) is 5.00 Å². The van der Waals surface area contributed by atoms with Crippen molar-refractivity contribution >= 4 is 57.5 Å². The van der Waals surface area contributed by atoms with E-state index in [9.17, 15) is 9.59 Å². The van der Waals surface area contributed by atoms with Gasteiger partial charge in [0.1, 0.15) is 5.00 Å². The highest BCUT2D eigenvalue weighted by Gasteiger charge is 2.27. The molecule has 0 atom stereocenters. The molecular formula is C22H23Cl2NO3S. The molecule has 7 heteroatoms. The number of fused-ring (bicyclic) bond motifs is 1. The Morgan fingerprint density at radius 1 is 1.17 bits per heavy atom. The molecule has 154 valence electrons. The molecule has 29 heavy (non-hydrogen) atoms. The maximum absolute atomic E-state index is 12.7. The standard InChI is InChI=1S/C22H23Cl2NO3S/c1-13(2)28-22(27)20-16-6-4-3-5-7-18(16)29-21(20)25-19(26)11-9-14-8-10-15(23)12-17(14)24/h8-13H,3-7H2,1-2H3,(H,25,26). The van der Waals surface area contributed by atoms with Crippen molar-refractivity contribution in [2.45, 2.75) is 52.1 Å². The molecule has 1 aliphatic rings. The summed E-state index contributed by atoms with van der Waals surface area (Å²) < 4.78 is 5.45. The number of esters is 1. The largest absolute Gasteiger partial charge is 0.459 e. The molecule has 2 aromatic rings. The zero-order chi connectivity index (χ0) is 21.0. The van der Waals surface area contributed by atoms with Crippen LogP contribution in [0.15, 0.2) is 24.3 Å². The highest BCUT2D eigenvalue weighted by Crippen LogP contribution is 2.38. The summed E-state index contributed by atoms with van der Waals surface area (Å²) in [5.41, 5.74) is 2.22. The lowest BCUT2D eigenvalue weighted by Crippen LogP contribution is -2.16. The van der Waals surface area contributed by atoms with Crippen LogP contribution < -0.4 is 5.32 Å². The molecule has 1 aromatic heterocycles. The van der Waals surface area contributed by atoms with Crippen LogP contribution in [-0.4, -0.2) is 18.0 Å². The minimum Gasteiger partial charge on any atom is -0.459 e. The highest BCUT2D eigenvalue weighted by atomic mass is 35.5. The number of halogens is 2. The smallest absolute Gasteiger partial charge is 0.341 e. The van der Waals surface area contributed by atoms with Gasteiger partial charge in [0.15, 0.2) is 0 Å². The molecule has 1 aromatic carbocycles. The first-order chi connectivity index (χ1) is 13.8. The number of hydrogen-bond acceptors (Lipinski definition) is 4. The Hall–Kier alpha value is -1.82. The number of aryl methyl sites for hydroxylation is 1. The molecular weight excluding hydrogens is 429 g/mol. The summed E-state index contributed by atoms with van der Waals surface area (Å²) in [5, 5.41) is 4.42. The molecule has 1 heterocycles. The van der Waals surface area contributed by atoms with Crippen LogP contribution in [0.25, 0.3) is 6.08 Å². The summed E-state index contributed by atoms with van der Waals surface area (Å²) in [6.07, 6.45) is 7.83. The van der Waals surface area contributed by atoms with E-state index in [0.717, 1.165) is 37.7 Å². The summed E-state index contributed by atoms with van der Waals surface area (Å²) in [4.78, 5) is 26.4. The van der Waals surface area contributed by atoms with E-state index in [4.69, 9.17) is 27.9 Å². The summed E-state index contributed by atoms with van der Waals surface area (Å²) in [7, 11) is 0. The topological polar surface area (TPSA) is 55.4 Å². The number of hydrogen-bond donors (Lipinski definition) is 1. The van der Waals surface area contributed by atoms with E-state index in [-0.39, 0.29) is 18.0 Å². The first-order valence-electron chi connectivity index (χ1n) is 9.64. The maximum Gasteiger partial charge on any atom is 0.341 e. The quantitative estimate of drug-likeness (QED) is 0.318. The molecule has 0 spiro atoms.